The van der Waals surface area contributed by atoms with Gasteiger partial charge in [0, 0.05) is 35.5 Å². The van der Waals surface area contributed by atoms with Crippen molar-refractivity contribution in [2.75, 3.05) is 24.6 Å². The molecule has 19 heavy (non-hydrogen) atoms. The predicted octanol–water partition coefficient (Wildman–Crippen LogP) is 3.47. The topological polar surface area (TPSA) is 37.4 Å². The Morgan fingerprint density at radius 1 is 1.16 bits per heavy atom. The van der Waals surface area contributed by atoms with Gasteiger partial charge in [0.25, 0.3) is 0 Å². The standard InChI is InChI=1S/C11H12Cl3NO2S2/c12-7-8-5-11(10(14)6-9(8)13)19(16,17)15-1-3-18-4-2-15/h5-6H,1-4,7H2. The summed E-state index contributed by atoms with van der Waals surface area (Å²) in [7, 11) is -3.57. The third-order valence-electron chi connectivity index (χ3n) is 2.83. The maximum atomic E-state index is 12.5. The van der Waals surface area contributed by atoms with E-state index in [1.165, 1.54) is 16.4 Å². The quantitative estimate of drug-likeness (QED) is 0.775. The zero-order chi connectivity index (χ0) is 14.0. The van der Waals surface area contributed by atoms with Crippen LogP contribution in [0, 0.1) is 0 Å². The Balaban J connectivity index is 2.44. The maximum absolute atomic E-state index is 12.5. The molecule has 0 unspecified atom stereocenters. The monoisotopic (exact) mass is 359 g/mol. The number of nitrogens with zero attached hydrogens (tertiary/aromatic N) is 1. The third kappa shape index (κ3) is 3.34. The van der Waals surface area contributed by atoms with Crippen molar-refractivity contribution in [1.29, 1.82) is 0 Å². The third-order valence-corrected chi connectivity index (χ3v) is 6.78. The first kappa shape index (κ1) is 15.7. The first-order valence-electron chi connectivity index (χ1n) is 5.58. The molecule has 3 nitrogen and oxygen atoms in total. The number of rotatable bonds is 3. The van der Waals surface area contributed by atoms with Gasteiger partial charge >= 0.3 is 0 Å². The number of sulfonamides is 1. The smallest absolute Gasteiger partial charge is 0.207 e. The van der Waals surface area contributed by atoms with Gasteiger partial charge in [-0.2, -0.15) is 16.1 Å². The van der Waals surface area contributed by atoms with Gasteiger partial charge in [0.15, 0.2) is 0 Å². The lowest BCUT2D eigenvalue weighted by atomic mass is 10.2. The van der Waals surface area contributed by atoms with Crippen LogP contribution < -0.4 is 0 Å². The summed E-state index contributed by atoms with van der Waals surface area (Å²) in [5.74, 6) is 1.74. The normalized spacial score (nSPS) is 17.6. The lowest BCUT2D eigenvalue weighted by molar-refractivity contribution is 0.443. The van der Waals surface area contributed by atoms with Crippen LogP contribution in [0.15, 0.2) is 17.0 Å². The average Bonchev–Trinajstić information content (AvgIpc) is 2.39. The lowest BCUT2D eigenvalue weighted by Crippen LogP contribution is -2.38. The molecule has 0 bridgehead atoms. The first-order chi connectivity index (χ1) is 8.96. The molecule has 1 aromatic carbocycles. The summed E-state index contributed by atoms with van der Waals surface area (Å²) < 4.78 is 26.5. The molecule has 1 saturated heterocycles. The molecule has 0 N–H and O–H groups in total. The fraction of sp³-hybridized carbons (Fsp3) is 0.455. The second kappa shape index (κ2) is 6.41. The summed E-state index contributed by atoms with van der Waals surface area (Å²) in [5.41, 5.74) is 0.567. The van der Waals surface area contributed by atoms with Gasteiger partial charge in [0.05, 0.1) is 5.02 Å². The number of halogens is 3. The highest BCUT2D eigenvalue weighted by molar-refractivity contribution is 7.99. The molecule has 1 heterocycles. The van der Waals surface area contributed by atoms with Crippen LogP contribution in [0.2, 0.25) is 10.0 Å². The molecule has 0 atom stereocenters. The molecule has 2 rings (SSSR count). The SMILES string of the molecule is O=S(=O)(c1cc(CCl)c(Cl)cc1Cl)N1CCSCC1. The van der Waals surface area contributed by atoms with Gasteiger partial charge in [-0.25, -0.2) is 8.42 Å². The van der Waals surface area contributed by atoms with Crippen molar-refractivity contribution >= 4 is 56.6 Å². The molecule has 0 aliphatic carbocycles. The van der Waals surface area contributed by atoms with Gasteiger partial charge in [-0.3, -0.25) is 0 Å². The van der Waals surface area contributed by atoms with E-state index in [2.05, 4.69) is 0 Å². The van der Waals surface area contributed by atoms with Crippen LogP contribution >= 0.6 is 46.6 Å². The van der Waals surface area contributed by atoms with Gasteiger partial charge in [0.1, 0.15) is 4.90 Å². The second-order valence-corrected chi connectivity index (χ2v) is 8.24. The number of hydrogen-bond acceptors (Lipinski definition) is 3. The van der Waals surface area contributed by atoms with Gasteiger partial charge in [-0.1, -0.05) is 23.2 Å². The zero-order valence-electron chi connectivity index (χ0n) is 9.90. The van der Waals surface area contributed by atoms with E-state index in [0.717, 1.165) is 11.5 Å². The molecular formula is C11H12Cl3NO2S2. The average molecular weight is 361 g/mol. The number of thioether (sulfide) groups is 1. The van der Waals surface area contributed by atoms with Crippen molar-refractivity contribution in [2.45, 2.75) is 10.8 Å². The molecule has 1 aromatic rings. The summed E-state index contributed by atoms with van der Waals surface area (Å²) >= 11 is 19.5. The summed E-state index contributed by atoms with van der Waals surface area (Å²) in [6.45, 7) is 1.00. The molecule has 1 aliphatic rings. The number of hydrogen-bond donors (Lipinski definition) is 0. The molecular weight excluding hydrogens is 349 g/mol. The van der Waals surface area contributed by atoms with Crippen molar-refractivity contribution in [3.05, 3.63) is 27.7 Å². The molecule has 0 saturated carbocycles. The molecule has 0 spiro atoms. The zero-order valence-corrected chi connectivity index (χ0v) is 13.8. The van der Waals surface area contributed by atoms with Crippen LogP contribution in [0.5, 0.6) is 0 Å². The lowest BCUT2D eigenvalue weighted by Gasteiger charge is -2.26. The predicted molar refractivity (Wildman–Crippen MR) is 82.1 cm³/mol. The highest BCUT2D eigenvalue weighted by Gasteiger charge is 2.28. The Labute approximate surface area is 132 Å². The summed E-state index contributed by atoms with van der Waals surface area (Å²) in [6.07, 6.45) is 0. The van der Waals surface area contributed by atoms with Crippen LogP contribution in [-0.2, 0) is 15.9 Å². The fourth-order valence-electron chi connectivity index (χ4n) is 1.80. The largest absolute Gasteiger partial charge is 0.244 e. The van der Waals surface area contributed by atoms with E-state index >= 15 is 0 Å². The van der Waals surface area contributed by atoms with Crippen molar-refractivity contribution in [1.82, 2.24) is 4.31 Å². The van der Waals surface area contributed by atoms with Crippen LogP contribution in [0.1, 0.15) is 5.56 Å². The minimum absolute atomic E-state index is 0.0844. The van der Waals surface area contributed by atoms with E-state index in [1.54, 1.807) is 11.8 Å². The Morgan fingerprint density at radius 3 is 2.37 bits per heavy atom. The van der Waals surface area contributed by atoms with Gasteiger partial charge in [0.2, 0.25) is 10.0 Å². The van der Waals surface area contributed by atoms with E-state index < -0.39 is 10.0 Å². The Morgan fingerprint density at radius 2 is 1.79 bits per heavy atom. The van der Waals surface area contributed by atoms with Crippen LogP contribution in [0.3, 0.4) is 0 Å². The fourth-order valence-corrected chi connectivity index (χ4v) is 5.50. The minimum Gasteiger partial charge on any atom is -0.207 e. The molecule has 1 aliphatic heterocycles. The molecule has 0 radical (unpaired) electrons. The number of alkyl halides is 1. The highest BCUT2D eigenvalue weighted by atomic mass is 35.5. The Bertz CT molecular complexity index is 572. The van der Waals surface area contributed by atoms with E-state index in [9.17, 15) is 8.42 Å². The van der Waals surface area contributed by atoms with Crippen LogP contribution in [0.25, 0.3) is 0 Å². The second-order valence-electron chi connectivity index (χ2n) is 4.02. The minimum atomic E-state index is -3.57. The van der Waals surface area contributed by atoms with E-state index in [4.69, 9.17) is 34.8 Å². The Kier molecular flexibility index (Phi) is 5.31. The van der Waals surface area contributed by atoms with Crippen molar-refractivity contribution < 1.29 is 8.42 Å². The molecule has 106 valence electrons. The number of benzene rings is 1. The molecule has 1 fully saturated rings. The summed E-state index contributed by atoms with van der Waals surface area (Å²) in [4.78, 5) is 0.0844. The molecule has 0 amide bonds. The van der Waals surface area contributed by atoms with Gasteiger partial charge in [-0.05, 0) is 17.7 Å². The van der Waals surface area contributed by atoms with E-state index in [0.29, 0.717) is 23.7 Å². The molecule has 0 aromatic heterocycles. The Hall–Kier alpha value is 0.350. The maximum Gasteiger partial charge on any atom is 0.244 e. The van der Waals surface area contributed by atoms with Crippen LogP contribution in [0.4, 0.5) is 0 Å². The molecule has 8 heteroatoms. The van der Waals surface area contributed by atoms with Crippen LogP contribution in [-0.4, -0.2) is 37.3 Å². The van der Waals surface area contributed by atoms with E-state index in [-0.39, 0.29) is 15.8 Å². The van der Waals surface area contributed by atoms with Crippen molar-refractivity contribution in [3.63, 3.8) is 0 Å². The van der Waals surface area contributed by atoms with Crippen molar-refractivity contribution in [2.24, 2.45) is 0 Å². The highest BCUT2D eigenvalue weighted by Crippen LogP contribution is 2.32. The van der Waals surface area contributed by atoms with Gasteiger partial charge < -0.3 is 0 Å². The van der Waals surface area contributed by atoms with Crippen molar-refractivity contribution in [3.8, 4) is 0 Å². The summed E-state index contributed by atoms with van der Waals surface area (Å²) in [5, 5.41) is 0.519. The van der Waals surface area contributed by atoms with Gasteiger partial charge in [-0.15, -0.1) is 11.6 Å². The van der Waals surface area contributed by atoms with E-state index in [1.807, 2.05) is 0 Å². The summed E-state index contributed by atoms with van der Waals surface area (Å²) in [6, 6.07) is 2.90. The first-order valence-corrected chi connectivity index (χ1v) is 9.47.